The molecule has 0 aromatic carbocycles. The highest BCUT2D eigenvalue weighted by atomic mass is 16.6. The van der Waals surface area contributed by atoms with Gasteiger partial charge in [0.1, 0.15) is 6.61 Å². The van der Waals surface area contributed by atoms with Gasteiger partial charge in [-0.3, -0.25) is 9.59 Å². The molecule has 0 spiro atoms. The summed E-state index contributed by atoms with van der Waals surface area (Å²) in [6.45, 7) is 7.60. The summed E-state index contributed by atoms with van der Waals surface area (Å²) >= 11 is 0. The lowest BCUT2D eigenvalue weighted by atomic mass is 10.1. The van der Waals surface area contributed by atoms with Crippen molar-refractivity contribution in [1.29, 1.82) is 0 Å². The molecule has 0 heterocycles. The van der Waals surface area contributed by atoms with E-state index in [0.29, 0.717) is 13.0 Å². The third-order valence-electron chi connectivity index (χ3n) is 10.3. The summed E-state index contributed by atoms with van der Waals surface area (Å²) < 4.78 is 17.2. The molecule has 1 atom stereocenters. The third kappa shape index (κ3) is 46.0. The zero-order valence-electron chi connectivity index (χ0n) is 38.3. The highest BCUT2D eigenvalue weighted by molar-refractivity contribution is 5.71. The van der Waals surface area contributed by atoms with Gasteiger partial charge >= 0.3 is 11.9 Å². The van der Waals surface area contributed by atoms with Crippen molar-refractivity contribution in [2.75, 3.05) is 19.8 Å². The van der Waals surface area contributed by atoms with Crippen LogP contribution in [0.3, 0.4) is 0 Å². The van der Waals surface area contributed by atoms with Gasteiger partial charge < -0.3 is 14.2 Å². The maximum absolute atomic E-state index is 12.7. The van der Waals surface area contributed by atoms with Crippen LogP contribution in [-0.2, 0) is 23.8 Å². The van der Waals surface area contributed by atoms with Gasteiger partial charge in [0.25, 0.3) is 0 Å². The van der Waals surface area contributed by atoms with E-state index in [9.17, 15) is 9.59 Å². The number of unbranched alkanes of at least 4 members (excludes halogenated alkanes) is 22. The molecule has 1 unspecified atom stereocenters. The number of hydrogen-bond acceptors (Lipinski definition) is 5. The molecule has 0 aliphatic heterocycles. The molecular weight excluding hydrogens is 717 g/mol. The minimum absolute atomic E-state index is 0.0433. The van der Waals surface area contributed by atoms with Crippen LogP contribution in [0.5, 0.6) is 0 Å². The van der Waals surface area contributed by atoms with Crippen molar-refractivity contribution in [1.82, 2.24) is 0 Å². The summed E-state index contributed by atoms with van der Waals surface area (Å²) in [6.07, 6.45) is 62.1. The second kappa shape index (κ2) is 48.7. The SMILES string of the molecule is CC/C=C\C/C=C\C/C=C\C/C=C\C/C=C\CC(=O)OC(COCCCCCCCCCCCC)COC(=O)CCCCCCCCC/C=C\CCCCCCCC. The number of hydrogen-bond donors (Lipinski definition) is 0. The van der Waals surface area contributed by atoms with Crippen LogP contribution in [0.2, 0.25) is 0 Å². The first-order valence-corrected chi connectivity index (χ1v) is 24.5. The maximum Gasteiger partial charge on any atom is 0.310 e. The van der Waals surface area contributed by atoms with E-state index < -0.39 is 6.10 Å². The highest BCUT2D eigenvalue weighted by Crippen LogP contribution is 2.13. The molecule has 0 aromatic rings. The lowest BCUT2D eigenvalue weighted by Gasteiger charge is -2.18. The van der Waals surface area contributed by atoms with Gasteiger partial charge in [0.15, 0.2) is 6.10 Å². The van der Waals surface area contributed by atoms with E-state index in [-0.39, 0.29) is 31.6 Å². The minimum atomic E-state index is -0.590. The normalized spacial score (nSPS) is 12.8. The first kappa shape index (κ1) is 55.3. The van der Waals surface area contributed by atoms with E-state index in [1.54, 1.807) is 0 Å². The van der Waals surface area contributed by atoms with Gasteiger partial charge in [-0.15, -0.1) is 0 Å². The molecule has 0 saturated carbocycles. The summed E-state index contributed by atoms with van der Waals surface area (Å²) in [6, 6.07) is 0. The van der Waals surface area contributed by atoms with Crippen LogP contribution >= 0.6 is 0 Å². The monoisotopic (exact) mass is 809 g/mol. The van der Waals surface area contributed by atoms with Crippen LogP contribution in [0.4, 0.5) is 0 Å². The lowest BCUT2D eigenvalue weighted by molar-refractivity contribution is -0.162. The molecule has 0 saturated heterocycles. The number of esters is 2. The van der Waals surface area contributed by atoms with Crippen molar-refractivity contribution in [3.8, 4) is 0 Å². The molecule has 0 radical (unpaired) electrons. The van der Waals surface area contributed by atoms with Crippen LogP contribution in [0.25, 0.3) is 0 Å². The molecule has 0 aliphatic carbocycles. The Morgan fingerprint density at radius 1 is 0.414 bits per heavy atom. The smallest absolute Gasteiger partial charge is 0.310 e. The Morgan fingerprint density at radius 3 is 1.31 bits per heavy atom. The number of carbonyl (C=O) groups is 2. The van der Waals surface area contributed by atoms with E-state index in [1.807, 2.05) is 12.2 Å². The second-order valence-electron chi connectivity index (χ2n) is 16.0. The molecule has 0 amide bonds. The van der Waals surface area contributed by atoms with Crippen molar-refractivity contribution >= 4 is 11.9 Å². The second-order valence-corrected chi connectivity index (χ2v) is 16.0. The highest BCUT2D eigenvalue weighted by Gasteiger charge is 2.17. The van der Waals surface area contributed by atoms with E-state index in [0.717, 1.165) is 64.2 Å². The van der Waals surface area contributed by atoms with E-state index in [2.05, 4.69) is 81.5 Å². The summed E-state index contributed by atoms with van der Waals surface area (Å²) in [5.41, 5.74) is 0. The number of rotatable bonds is 44. The predicted molar refractivity (Wildman–Crippen MR) is 251 cm³/mol. The largest absolute Gasteiger partial charge is 0.462 e. The Morgan fingerprint density at radius 2 is 0.828 bits per heavy atom. The van der Waals surface area contributed by atoms with Crippen molar-refractivity contribution < 1.29 is 23.8 Å². The van der Waals surface area contributed by atoms with Gasteiger partial charge in [0, 0.05) is 13.0 Å². The molecule has 5 nitrogen and oxygen atoms in total. The van der Waals surface area contributed by atoms with Crippen LogP contribution in [0.1, 0.15) is 226 Å². The minimum Gasteiger partial charge on any atom is -0.462 e. The van der Waals surface area contributed by atoms with Gasteiger partial charge in [-0.05, 0) is 70.6 Å². The van der Waals surface area contributed by atoms with Gasteiger partial charge in [0.2, 0.25) is 0 Å². The molecule has 0 bridgehead atoms. The molecule has 0 N–H and O–H groups in total. The Bertz CT molecular complexity index is 1050. The van der Waals surface area contributed by atoms with E-state index in [1.165, 1.54) is 128 Å². The Kier molecular flexibility index (Phi) is 46.5. The first-order valence-electron chi connectivity index (χ1n) is 24.5. The third-order valence-corrected chi connectivity index (χ3v) is 10.3. The fourth-order valence-corrected chi connectivity index (χ4v) is 6.64. The molecule has 0 aromatic heterocycles. The van der Waals surface area contributed by atoms with E-state index >= 15 is 0 Å². The summed E-state index contributed by atoms with van der Waals surface area (Å²) in [4.78, 5) is 25.2. The predicted octanol–water partition coefficient (Wildman–Crippen LogP) is 16.3. The average molecular weight is 809 g/mol. The molecule has 0 aliphatic rings. The topological polar surface area (TPSA) is 61.8 Å². The van der Waals surface area contributed by atoms with Gasteiger partial charge in [-0.25, -0.2) is 0 Å². The zero-order chi connectivity index (χ0) is 42.1. The van der Waals surface area contributed by atoms with Crippen LogP contribution < -0.4 is 0 Å². The summed E-state index contributed by atoms with van der Waals surface area (Å²) in [5.74, 6) is -0.546. The fraction of sp³-hybridized carbons (Fsp3) is 0.736. The Balaban J connectivity index is 4.34. The van der Waals surface area contributed by atoms with Gasteiger partial charge in [-0.2, -0.15) is 0 Å². The number of ether oxygens (including phenoxy) is 3. The van der Waals surface area contributed by atoms with Crippen molar-refractivity contribution in [2.24, 2.45) is 0 Å². The van der Waals surface area contributed by atoms with Gasteiger partial charge in [0.05, 0.1) is 13.0 Å². The summed E-state index contributed by atoms with van der Waals surface area (Å²) in [5, 5.41) is 0. The lowest BCUT2D eigenvalue weighted by Crippen LogP contribution is -2.29. The van der Waals surface area contributed by atoms with Crippen molar-refractivity contribution in [3.05, 3.63) is 72.9 Å². The zero-order valence-corrected chi connectivity index (χ0v) is 38.3. The van der Waals surface area contributed by atoms with Gasteiger partial charge in [-0.1, -0.05) is 216 Å². The number of carbonyl (C=O) groups excluding carboxylic acids is 2. The molecule has 334 valence electrons. The molecule has 5 heteroatoms. The Labute approximate surface area is 359 Å². The molecular formula is C53H92O5. The van der Waals surface area contributed by atoms with Crippen LogP contribution in [0, 0.1) is 0 Å². The molecule has 0 rings (SSSR count). The maximum atomic E-state index is 12.7. The van der Waals surface area contributed by atoms with Crippen LogP contribution in [0.15, 0.2) is 72.9 Å². The van der Waals surface area contributed by atoms with Crippen molar-refractivity contribution in [2.45, 2.75) is 232 Å². The number of allylic oxidation sites excluding steroid dienone is 11. The van der Waals surface area contributed by atoms with Crippen LogP contribution in [-0.4, -0.2) is 37.9 Å². The molecule has 58 heavy (non-hydrogen) atoms. The molecule has 0 fully saturated rings. The standard InChI is InChI=1S/C53H92O5/c1-4-7-10-13-16-19-22-24-26-27-29-30-32-34-37-40-43-46-52(54)57-50-51(49-56-48-45-42-39-36-21-18-15-12-9-6-3)58-53(55)47-44-41-38-35-33-31-28-25-23-20-17-14-11-8-5-2/h8,11,17,20,24-26,28,33,35,41,44,51H,4-7,9-10,12-16,18-19,21-23,27,29-32,34,36-40,42-43,45-50H2,1-3H3/b11-8-,20-17-,26-24-,28-25-,35-33-,44-41-. The summed E-state index contributed by atoms with van der Waals surface area (Å²) in [7, 11) is 0. The fourth-order valence-electron chi connectivity index (χ4n) is 6.64. The first-order chi connectivity index (χ1) is 28.6. The van der Waals surface area contributed by atoms with E-state index in [4.69, 9.17) is 14.2 Å². The Hall–Kier alpha value is -2.66. The quantitative estimate of drug-likeness (QED) is 0.0348. The average Bonchev–Trinajstić information content (AvgIpc) is 3.22. The van der Waals surface area contributed by atoms with Crippen molar-refractivity contribution in [3.63, 3.8) is 0 Å².